The minimum Gasteiger partial charge on any atom is -0.404 e. The highest BCUT2D eigenvalue weighted by molar-refractivity contribution is 7.89. The first-order chi connectivity index (χ1) is 16.9. The van der Waals surface area contributed by atoms with Gasteiger partial charge in [0.1, 0.15) is 5.69 Å². The number of sulfonamides is 1. The zero-order valence-electron chi connectivity index (χ0n) is 18.5. The van der Waals surface area contributed by atoms with E-state index in [1.54, 1.807) is 0 Å². The summed E-state index contributed by atoms with van der Waals surface area (Å²) < 4.78 is 118. The van der Waals surface area contributed by atoms with Crippen molar-refractivity contribution in [3.05, 3.63) is 68.3 Å². The van der Waals surface area contributed by atoms with E-state index in [9.17, 15) is 39.2 Å². The van der Waals surface area contributed by atoms with Crippen molar-refractivity contribution in [2.45, 2.75) is 31.5 Å². The van der Waals surface area contributed by atoms with Crippen molar-refractivity contribution < 1.29 is 39.2 Å². The number of benzene rings is 2. The second kappa shape index (κ2) is 11.4. The van der Waals surface area contributed by atoms with Crippen molar-refractivity contribution >= 4 is 62.3 Å². The Bertz CT molecular complexity index is 1290. The standard InChI is InChI=1S/C21H17Cl3F7N3O2S/c1-2-37(35,36)34-10-12-5-11(3-4-15(12)22)13(8-32)9-33-18-16(23)6-14(7-17(18)24)19(25,20(26,27)28)21(29,30)31/h3-9,34H,2,10,32H2,1H3. The van der Waals surface area contributed by atoms with Crippen molar-refractivity contribution in [1.82, 2.24) is 4.72 Å². The van der Waals surface area contributed by atoms with Gasteiger partial charge in [0.2, 0.25) is 10.0 Å². The third kappa shape index (κ3) is 6.88. The Balaban J connectivity index is 2.46. The van der Waals surface area contributed by atoms with Crippen LogP contribution in [-0.4, -0.2) is 32.7 Å². The predicted octanol–water partition coefficient (Wildman–Crippen LogP) is 7.08. The van der Waals surface area contributed by atoms with Crippen LogP contribution >= 0.6 is 34.8 Å². The third-order valence-corrected chi connectivity index (χ3v) is 7.24. The molecule has 2 rings (SSSR count). The van der Waals surface area contributed by atoms with E-state index in [0.717, 1.165) is 12.4 Å². The van der Waals surface area contributed by atoms with E-state index >= 15 is 0 Å². The maximum atomic E-state index is 14.4. The fourth-order valence-corrected chi connectivity index (χ4v) is 4.25. The highest BCUT2D eigenvalue weighted by Crippen LogP contribution is 2.54. The van der Waals surface area contributed by atoms with Gasteiger partial charge in [-0.15, -0.1) is 0 Å². The van der Waals surface area contributed by atoms with Crippen molar-refractivity contribution in [3.63, 3.8) is 0 Å². The van der Waals surface area contributed by atoms with E-state index in [1.165, 1.54) is 25.1 Å². The number of hydrogen-bond donors (Lipinski definition) is 2. The Morgan fingerprint density at radius 1 is 0.973 bits per heavy atom. The van der Waals surface area contributed by atoms with E-state index in [0.29, 0.717) is 11.1 Å². The SMILES string of the molecule is CCS(=O)(=O)NCc1cc(C(C=Nc2c(Cl)cc(C(F)(C(F)(F)F)C(F)(F)F)cc2Cl)=CN)ccc1Cl. The molecule has 0 amide bonds. The molecule has 0 bridgehead atoms. The van der Waals surface area contributed by atoms with Crippen LogP contribution in [-0.2, 0) is 22.2 Å². The van der Waals surface area contributed by atoms with Gasteiger partial charge in [-0.2, -0.15) is 26.3 Å². The number of nitrogens with zero attached hydrogens (tertiary/aromatic N) is 1. The summed E-state index contributed by atoms with van der Waals surface area (Å²) in [5.41, 5.74) is -1.55. The molecule has 0 saturated carbocycles. The molecule has 0 heterocycles. The fourth-order valence-electron chi connectivity index (χ4n) is 2.90. The lowest BCUT2D eigenvalue weighted by molar-refractivity contribution is -0.348. The predicted molar refractivity (Wildman–Crippen MR) is 129 cm³/mol. The van der Waals surface area contributed by atoms with Crippen molar-refractivity contribution in [3.8, 4) is 0 Å². The molecular formula is C21H17Cl3F7N3O2S. The Morgan fingerprint density at radius 2 is 1.51 bits per heavy atom. The quantitative estimate of drug-likeness (QED) is 0.246. The van der Waals surface area contributed by atoms with Gasteiger partial charge in [0.25, 0.3) is 0 Å². The summed E-state index contributed by atoms with van der Waals surface area (Å²) in [6.45, 7) is 1.29. The molecule has 0 unspecified atom stereocenters. The molecule has 5 nitrogen and oxygen atoms in total. The maximum absolute atomic E-state index is 14.4. The van der Waals surface area contributed by atoms with Crippen LogP contribution in [0.1, 0.15) is 23.6 Å². The van der Waals surface area contributed by atoms with Gasteiger partial charge in [-0.05, 0) is 42.3 Å². The molecule has 0 aromatic heterocycles. The van der Waals surface area contributed by atoms with Gasteiger partial charge in [0.15, 0.2) is 0 Å². The molecule has 0 aliphatic heterocycles. The zero-order chi connectivity index (χ0) is 28.4. The second-order valence-corrected chi connectivity index (χ2v) is 10.7. The Morgan fingerprint density at radius 3 is 1.97 bits per heavy atom. The van der Waals surface area contributed by atoms with Gasteiger partial charge in [-0.1, -0.05) is 40.9 Å². The van der Waals surface area contributed by atoms with Gasteiger partial charge < -0.3 is 5.73 Å². The lowest BCUT2D eigenvalue weighted by Crippen LogP contribution is -2.50. The zero-order valence-corrected chi connectivity index (χ0v) is 21.6. The van der Waals surface area contributed by atoms with Crippen molar-refractivity contribution in [1.29, 1.82) is 0 Å². The van der Waals surface area contributed by atoms with Gasteiger partial charge in [-0.25, -0.2) is 17.5 Å². The molecule has 0 radical (unpaired) electrons. The summed E-state index contributed by atoms with van der Waals surface area (Å²) in [5.74, 6) is -0.166. The topological polar surface area (TPSA) is 84.5 Å². The Kier molecular flexibility index (Phi) is 9.57. The van der Waals surface area contributed by atoms with Crippen LogP contribution in [0.25, 0.3) is 5.57 Å². The summed E-state index contributed by atoms with van der Waals surface area (Å²) in [4.78, 5) is 3.88. The molecule has 16 heteroatoms. The molecule has 37 heavy (non-hydrogen) atoms. The second-order valence-electron chi connectivity index (χ2n) is 7.35. The number of nitrogens with one attached hydrogen (secondary N) is 1. The minimum atomic E-state index is -6.35. The molecule has 3 N–H and O–H groups in total. The molecule has 0 aliphatic carbocycles. The highest BCUT2D eigenvalue weighted by atomic mass is 35.5. The van der Waals surface area contributed by atoms with E-state index in [4.69, 9.17) is 40.5 Å². The first kappa shape index (κ1) is 31.2. The lowest BCUT2D eigenvalue weighted by Gasteiger charge is -2.30. The third-order valence-electron chi connectivity index (χ3n) is 4.95. The summed E-state index contributed by atoms with van der Waals surface area (Å²) in [5, 5.41) is -1.37. The summed E-state index contributed by atoms with van der Waals surface area (Å²) in [7, 11) is -3.53. The number of allylic oxidation sites excluding steroid dienone is 1. The molecule has 2 aromatic rings. The monoisotopic (exact) mass is 613 g/mol. The minimum absolute atomic E-state index is 0.132. The average Bonchev–Trinajstić information content (AvgIpc) is 2.78. The van der Waals surface area contributed by atoms with E-state index in [2.05, 4.69) is 9.71 Å². The summed E-state index contributed by atoms with van der Waals surface area (Å²) >= 11 is 17.8. The van der Waals surface area contributed by atoms with Crippen LogP contribution in [0.5, 0.6) is 0 Å². The largest absolute Gasteiger partial charge is 0.435 e. The fraction of sp³-hybridized carbons (Fsp3) is 0.286. The molecule has 0 saturated heterocycles. The van der Waals surface area contributed by atoms with Gasteiger partial charge in [0, 0.05) is 35.1 Å². The number of hydrogen-bond acceptors (Lipinski definition) is 4. The van der Waals surface area contributed by atoms with Gasteiger partial charge in [0.05, 0.1) is 15.8 Å². The van der Waals surface area contributed by atoms with E-state index in [-0.39, 0.29) is 35.0 Å². The Hall–Kier alpha value is -2.06. The van der Waals surface area contributed by atoms with Crippen LogP contribution in [0.2, 0.25) is 15.1 Å². The smallest absolute Gasteiger partial charge is 0.404 e. The molecule has 0 fully saturated rings. The van der Waals surface area contributed by atoms with Crippen LogP contribution in [0.4, 0.5) is 36.4 Å². The summed E-state index contributed by atoms with van der Waals surface area (Å²) in [6.07, 6.45) is -10.6. The highest BCUT2D eigenvalue weighted by Gasteiger charge is 2.73. The first-order valence-electron chi connectivity index (χ1n) is 9.92. The van der Waals surface area contributed by atoms with Crippen LogP contribution in [0, 0.1) is 0 Å². The molecule has 204 valence electrons. The van der Waals surface area contributed by atoms with Crippen LogP contribution in [0.15, 0.2) is 41.5 Å². The molecular weight excluding hydrogens is 598 g/mol. The van der Waals surface area contributed by atoms with Crippen molar-refractivity contribution in [2.75, 3.05) is 5.75 Å². The van der Waals surface area contributed by atoms with E-state index < -0.39 is 49.3 Å². The van der Waals surface area contributed by atoms with Crippen molar-refractivity contribution in [2.24, 2.45) is 10.7 Å². The van der Waals surface area contributed by atoms with Gasteiger partial charge in [-0.3, -0.25) is 4.99 Å². The van der Waals surface area contributed by atoms with Gasteiger partial charge >= 0.3 is 18.0 Å². The first-order valence-corrected chi connectivity index (χ1v) is 12.7. The number of aliphatic imine (C=N–C) groups is 1. The molecule has 0 spiro atoms. The summed E-state index contributed by atoms with van der Waals surface area (Å²) in [6, 6.07) is 4.66. The molecule has 0 aliphatic rings. The lowest BCUT2D eigenvalue weighted by atomic mass is 9.94. The number of halogens is 10. The molecule has 0 atom stereocenters. The number of alkyl halides is 7. The average molecular weight is 615 g/mol. The number of nitrogens with two attached hydrogens (primary N) is 1. The Labute approximate surface area is 222 Å². The normalized spacial score (nSPS) is 14.0. The van der Waals surface area contributed by atoms with Crippen LogP contribution < -0.4 is 10.5 Å². The van der Waals surface area contributed by atoms with E-state index in [1.807, 2.05) is 0 Å². The maximum Gasteiger partial charge on any atom is 0.435 e. The van der Waals surface area contributed by atoms with Crippen LogP contribution in [0.3, 0.4) is 0 Å². The number of rotatable bonds is 8. The molecule has 2 aromatic carbocycles.